The van der Waals surface area contributed by atoms with E-state index in [4.69, 9.17) is 0 Å². The fourth-order valence-electron chi connectivity index (χ4n) is 3.52. The summed E-state index contributed by atoms with van der Waals surface area (Å²) in [6.07, 6.45) is 1.65. The summed E-state index contributed by atoms with van der Waals surface area (Å²) in [7, 11) is 0. The molecule has 2 aromatic heterocycles. The lowest BCUT2D eigenvalue weighted by Crippen LogP contribution is -2.28. The van der Waals surface area contributed by atoms with E-state index < -0.39 is 0 Å². The predicted octanol–water partition coefficient (Wildman–Crippen LogP) is 4.93. The third-order valence-corrected chi connectivity index (χ3v) is 5.65. The molecular formula is C18H23NOS. The van der Waals surface area contributed by atoms with E-state index in [-0.39, 0.29) is 5.41 Å². The number of rotatable bonds is 2. The highest BCUT2D eigenvalue weighted by Crippen LogP contribution is 2.39. The molecule has 0 bridgehead atoms. The summed E-state index contributed by atoms with van der Waals surface area (Å²) in [6.45, 7) is 10.9. The number of carbonyl (C=O) groups excluding carboxylic acids is 1. The normalized spacial score (nSPS) is 18.6. The number of aryl methyl sites for hydroxylation is 2. The van der Waals surface area contributed by atoms with Crippen molar-refractivity contribution in [1.82, 2.24) is 4.57 Å². The number of aromatic nitrogens is 1. The van der Waals surface area contributed by atoms with Crippen LogP contribution < -0.4 is 0 Å². The Bertz CT molecular complexity index is 705. The molecule has 2 aromatic rings. The number of Topliss-reactive ketones (excluding diaryl/α,β-unsaturated/α-hetero) is 1. The zero-order chi connectivity index (χ0) is 15.4. The van der Waals surface area contributed by atoms with Crippen LogP contribution in [0.5, 0.6) is 0 Å². The maximum Gasteiger partial charge on any atom is 0.165 e. The van der Waals surface area contributed by atoms with Crippen LogP contribution in [0.2, 0.25) is 0 Å². The molecule has 1 atom stereocenters. The lowest BCUT2D eigenvalue weighted by atomic mass is 9.76. The van der Waals surface area contributed by atoms with Gasteiger partial charge in [0, 0.05) is 33.1 Å². The first-order valence-corrected chi connectivity index (χ1v) is 8.40. The zero-order valence-electron chi connectivity index (χ0n) is 13.5. The number of nitrogens with zero attached hydrogens (tertiary/aromatic N) is 1. The Morgan fingerprint density at radius 2 is 1.95 bits per heavy atom. The second kappa shape index (κ2) is 4.84. The van der Waals surface area contributed by atoms with E-state index in [9.17, 15) is 4.79 Å². The number of fused-ring (bicyclic) bond motifs is 1. The number of hydrogen-bond donors (Lipinski definition) is 0. The molecule has 1 aliphatic carbocycles. The molecule has 2 heterocycles. The van der Waals surface area contributed by atoms with Gasteiger partial charge in [0.15, 0.2) is 5.78 Å². The molecule has 2 nitrogen and oxygen atoms in total. The van der Waals surface area contributed by atoms with Crippen molar-refractivity contribution in [3.63, 3.8) is 0 Å². The largest absolute Gasteiger partial charge is 0.340 e. The van der Waals surface area contributed by atoms with E-state index >= 15 is 0 Å². The van der Waals surface area contributed by atoms with Crippen molar-refractivity contribution in [2.45, 2.75) is 53.5 Å². The zero-order valence-corrected chi connectivity index (χ0v) is 14.3. The van der Waals surface area contributed by atoms with Gasteiger partial charge in [0.05, 0.1) is 6.04 Å². The predicted molar refractivity (Wildman–Crippen MR) is 88.5 cm³/mol. The average molecular weight is 301 g/mol. The minimum atomic E-state index is 0.0672. The van der Waals surface area contributed by atoms with Crippen molar-refractivity contribution < 1.29 is 4.79 Å². The second-order valence-electron chi connectivity index (χ2n) is 7.08. The lowest BCUT2D eigenvalue weighted by molar-refractivity contribution is 0.0910. The van der Waals surface area contributed by atoms with Crippen molar-refractivity contribution in [2.75, 3.05) is 0 Å². The maximum atomic E-state index is 12.4. The Labute approximate surface area is 130 Å². The van der Waals surface area contributed by atoms with Crippen molar-refractivity contribution in [3.8, 4) is 0 Å². The molecule has 112 valence electrons. The van der Waals surface area contributed by atoms with Gasteiger partial charge in [0.25, 0.3) is 0 Å². The van der Waals surface area contributed by atoms with Crippen LogP contribution in [-0.4, -0.2) is 10.4 Å². The average Bonchev–Trinajstić information content (AvgIpc) is 2.91. The first kappa shape index (κ1) is 14.6. The van der Waals surface area contributed by atoms with Crippen molar-refractivity contribution in [2.24, 2.45) is 5.41 Å². The number of ketones is 1. The first-order chi connectivity index (χ1) is 9.78. The molecular weight excluding hydrogens is 278 g/mol. The van der Waals surface area contributed by atoms with Crippen LogP contribution in [0.4, 0.5) is 0 Å². The van der Waals surface area contributed by atoms with Gasteiger partial charge in [0.1, 0.15) is 0 Å². The van der Waals surface area contributed by atoms with Crippen LogP contribution in [0.1, 0.15) is 64.7 Å². The van der Waals surface area contributed by atoms with E-state index in [2.05, 4.69) is 57.4 Å². The second-order valence-corrected chi connectivity index (χ2v) is 8.40. The van der Waals surface area contributed by atoms with Gasteiger partial charge in [-0.05, 0) is 50.8 Å². The fraction of sp³-hybridized carbons (Fsp3) is 0.500. The highest BCUT2D eigenvalue weighted by molar-refractivity contribution is 7.12. The minimum absolute atomic E-state index is 0.0672. The molecule has 0 aliphatic heterocycles. The van der Waals surface area contributed by atoms with Gasteiger partial charge >= 0.3 is 0 Å². The Kier molecular flexibility index (Phi) is 3.36. The molecule has 1 unspecified atom stereocenters. The Balaban J connectivity index is 2.10. The van der Waals surface area contributed by atoms with E-state index in [1.54, 1.807) is 0 Å². The number of hydrogen-bond acceptors (Lipinski definition) is 2. The quantitative estimate of drug-likeness (QED) is 0.771. The van der Waals surface area contributed by atoms with Gasteiger partial charge in [-0.2, -0.15) is 0 Å². The molecule has 3 rings (SSSR count). The van der Waals surface area contributed by atoms with Gasteiger partial charge < -0.3 is 4.57 Å². The lowest BCUT2D eigenvalue weighted by Gasteiger charge is -2.31. The summed E-state index contributed by atoms with van der Waals surface area (Å²) in [5, 5.41) is 0. The minimum Gasteiger partial charge on any atom is -0.340 e. The van der Waals surface area contributed by atoms with Gasteiger partial charge in [-0.25, -0.2) is 0 Å². The first-order valence-electron chi connectivity index (χ1n) is 7.59. The summed E-state index contributed by atoms with van der Waals surface area (Å²) < 4.78 is 2.37. The van der Waals surface area contributed by atoms with Crippen molar-refractivity contribution in [1.29, 1.82) is 0 Å². The molecule has 0 N–H and O–H groups in total. The van der Waals surface area contributed by atoms with Gasteiger partial charge in [-0.3, -0.25) is 4.79 Å². The topological polar surface area (TPSA) is 22.0 Å². The molecule has 0 amide bonds. The summed E-state index contributed by atoms with van der Waals surface area (Å²) in [6, 6.07) is 6.78. The Morgan fingerprint density at radius 3 is 2.57 bits per heavy atom. The Hall–Kier alpha value is -1.35. The molecule has 21 heavy (non-hydrogen) atoms. The summed E-state index contributed by atoms with van der Waals surface area (Å²) in [5.41, 5.74) is 3.45. The Morgan fingerprint density at radius 1 is 1.24 bits per heavy atom. The smallest absolute Gasteiger partial charge is 0.165 e. The molecule has 3 heteroatoms. The highest BCUT2D eigenvalue weighted by Gasteiger charge is 2.34. The molecule has 0 aromatic carbocycles. The number of thiophene rings is 1. The van der Waals surface area contributed by atoms with Crippen LogP contribution >= 0.6 is 11.3 Å². The fourth-order valence-corrected chi connectivity index (χ4v) is 4.44. The van der Waals surface area contributed by atoms with Crippen molar-refractivity contribution >= 4 is 17.1 Å². The van der Waals surface area contributed by atoms with E-state index in [1.807, 2.05) is 11.3 Å². The number of carbonyl (C=O) groups is 1. The SMILES string of the molecule is Cc1ccc(C(C)n2c(C)cc3c2CC(C)(C)CC3=O)s1. The van der Waals surface area contributed by atoms with E-state index in [1.165, 1.54) is 21.1 Å². The van der Waals surface area contributed by atoms with Gasteiger partial charge in [0.2, 0.25) is 0 Å². The van der Waals surface area contributed by atoms with Crippen LogP contribution in [0.15, 0.2) is 18.2 Å². The third kappa shape index (κ3) is 2.48. The third-order valence-electron chi connectivity index (χ3n) is 4.48. The molecule has 0 saturated carbocycles. The van der Waals surface area contributed by atoms with Crippen LogP contribution in [0.25, 0.3) is 0 Å². The van der Waals surface area contributed by atoms with E-state index in [0.717, 1.165) is 12.0 Å². The summed E-state index contributed by atoms with van der Waals surface area (Å²) >= 11 is 1.85. The molecule has 0 spiro atoms. The van der Waals surface area contributed by atoms with Crippen LogP contribution in [0.3, 0.4) is 0 Å². The molecule has 0 fully saturated rings. The standard InChI is InChI=1S/C18H23NOS/c1-11-8-14-15(9-18(4,5)10-16(14)20)19(11)13(3)17-7-6-12(2)21-17/h6-8,13H,9-10H2,1-5H3. The maximum absolute atomic E-state index is 12.4. The highest BCUT2D eigenvalue weighted by atomic mass is 32.1. The van der Waals surface area contributed by atoms with Crippen LogP contribution in [0, 0.1) is 19.3 Å². The van der Waals surface area contributed by atoms with Crippen LogP contribution in [-0.2, 0) is 6.42 Å². The molecule has 0 radical (unpaired) electrons. The molecule has 1 aliphatic rings. The van der Waals surface area contributed by atoms with Crippen molar-refractivity contribution in [3.05, 3.63) is 44.9 Å². The summed E-state index contributed by atoms with van der Waals surface area (Å²) in [5.74, 6) is 0.303. The van der Waals surface area contributed by atoms with Gasteiger partial charge in [-0.1, -0.05) is 13.8 Å². The molecule has 0 saturated heterocycles. The van der Waals surface area contributed by atoms with E-state index in [0.29, 0.717) is 18.2 Å². The monoisotopic (exact) mass is 301 g/mol. The van der Waals surface area contributed by atoms with Gasteiger partial charge in [-0.15, -0.1) is 11.3 Å². The summed E-state index contributed by atoms with van der Waals surface area (Å²) in [4.78, 5) is 15.1.